The number of para-hydroxylation sites is 2. The number of unbranched alkanes of at least 4 members (excludes halogenated alkanes) is 9. The van der Waals surface area contributed by atoms with Crippen LogP contribution < -0.4 is 60.6 Å². The van der Waals surface area contributed by atoms with Crippen molar-refractivity contribution in [2.24, 2.45) is 0 Å². The molecule has 0 N–H and O–H groups in total. The van der Waals surface area contributed by atoms with Crippen LogP contribution >= 0.6 is 0 Å². The molecular formula is C26H37KN2O3S. The third-order valence-corrected chi connectivity index (χ3v) is 7.23. The molecule has 33 heavy (non-hydrogen) atoms. The minimum Gasteiger partial charge on any atom is -0.731 e. The Balaban J connectivity index is 0.00000385. The average molecular weight is 497 g/mol. The molecule has 5 nitrogen and oxygen atoms in total. The Bertz CT molecular complexity index is 924. The maximum atomic E-state index is 12.2. The number of anilines is 2. The van der Waals surface area contributed by atoms with E-state index < -0.39 is 16.5 Å². The number of hydrogen-bond acceptors (Lipinski definition) is 4. The summed E-state index contributed by atoms with van der Waals surface area (Å²) in [5.74, 6) is 0. The normalized spacial score (nSPS) is 15.4. The standard InChI is InChI=1S/C26H38N2O3S.K/c1-2-3-4-5-6-7-8-9-10-14-21-26-27(22-23-17-12-11-13-18-23)24-19-15-16-20-25(24)28(26)32(29,30)31;/h11-13,15-20,26H,2-10,14,21-22H2,1H3,(H,29,30,31);/q;+1/p-1. The van der Waals surface area contributed by atoms with Crippen LogP contribution in [0.15, 0.2) is 54.6 Å². The predicted octanol–water partition coefficient (Wildman–Crippen LogP) is 3.61. The van der Waals surface area contributed by atoms with Crippen molar-refractivity contribution in [1.29, 1.82) is 0 Å². The third-order valence-electron chi connectivity index (χ3n) is 6.31. The van der Waals surface area contributed by atoms with E-state index in [0.717, 1.165) is 34.8 Å². The molecule has 2 aromatic carbocycles. The number of rotatable bonds is 14. The Morgan fingerprint density at radius 1 is 0.758 bits per heavy atom. The van der Waals surface area contributed by atoms with Crippen molar-refractivity contribution < 1.29 is 64.4 Å². The minimum absolute atomic E-state index is 0. The van der Waals surface area contributed by atoms with Gasteiger partial charge in [-0.05, 0) is 30.5 Å². The summed E-state index contributed by atoms with van der Waals surface area (Å²) in [6.45, 7) is 2.81. The van der Waals surface area contributed by atoms with Crippen LogP contribution in [0.3, 0.4) is 0 Å². The maximum Gasteiger partial charge on any atom is 1.00 e. The van der Waals surface area contributed by atoms with E-state index in [1.165, 1.54) is 44.9 Å². The van der Waals surface area contributed by atoms with Gasteiger partial charge < -0.3 is 9.45 Å². The van der Waals surface area contributed by atoms with Crippen molar-refractivity contribution in [3.63, 3.8) is 0 Å². The first-order chi connectivity index (χ1) is 15.5. The Morgan fingerprint density at radius 3 is 1.85 bits per heavy atom. The molecule has 1 aliphatic rings. The van der Waals surface area contributed by atoms with Crippen molar-refractivity contribution in [1.82, 2.24) is 0 Å². The van der Waals surface area contributed by atoms with Crippen molar-refractivity contribution in [3.8, 4) is 0 Å². The molecule has 2 aromatic rings. The molecule has 0 spiro atoms. The van der Waals surface area contributed by atoms with E-state index in [1.54, 1.807) is 12.1 Å². The summed E-state index contributed by atoms with van der Waals surface area (Å²) in [4.78, 5) is 2.08. The first-order valence-electron chi connectivity index (χ1n) is 12.2. The predicted molar refractivity (Wildman–Crippen MR) is 131 cm³/mol. The zero-order valence-electron chi connectivity index (χ0n) is 20.3. The van der Waals surface area contributed by atoms with E-state index in [4.69, 9.17) is 0 Å². The number of fused-ring (bicyclic) bond motifs is 1. The van der Waals surface area contributed by atoms with Gasteiger partial charge in [0.15, 0.2) is 10.3 Å². The smallest absolute Gasteiger partial charge is 0.731 e. The average Bonchev–Trinajstić information content (AvgIpc) is 3.09. The monoisotopic (exact) mass is 496 g/mol. The maximum absolute atomic E-state index is 12.2. The molecule has 0 saturated heterocycles. The fraction of sp³-hybridized carbons (Fsp3) is 0.538. The van der Waals surface area contributed by atoms with E-state index in [-0.39, 0.29) is 51.4 Å². The number of nitrogens with zero attached hydrogens (tertiary/aromatic N) is 2. The Labute approximate surface area is 243 Å². The van der Waals surface area contributed by atoms with E-state index in [9.17, 15) is 13.0 Å². The molecule has 3 rings (SSSR count). The molecule has 0 radical (unpaired) electrons. The van der Waals surface area contributed by atoms with Gasteiger partial charge in [0.05, 0.1) is 11.4 Å². The van der Waals surface area contributed by atoms with Gasteiger partial charge in [0.25, 0.3) is 0 Å². The van der Waals surface area contributed by atoms with Crippen LogP contribution in [0.4, 0.5) is 11.4 Å². The van der Waals surface area contributed by atoms with Crippen molar-refractivity contribution in [3.05, 3.63) is 60.2 Å². The Morgan fingerprint density at radius 2 is 1.27 bits per heavy atom. The topological polar surface area (TPSA) is 63.7 Å². The van der Waals surface area contributed by atoms with Gasteiger partial charge in [-0.1, -0.05) is 107 Å². The van der Waals surface area contributed by atoms with Crippen LogP contribution in [0.1, 0.15) is 83.1 Å². The van der Waals surface area contributed by atoms with Crippen molar-refractivity contribution in [2.45, 2.75) is 90.3 Å². The van der Waals surface area contributed by atoms with Crippen LogP contribution in [0, 0.1) is 0 Å². The molecule has 176 valence electrons. The largest absolute Gasteiger partial charge is 1.00 e. The van der Waals surface area contributed by atoms with Gasteiger partial charge in [0.2, 0.25) is 0 Å². The first kappa shape index (κ1) is 28.8. The zero-order valence-corrected chi connectivity index (χ0v) is 24.2. The van der Waals surface area contributed by atoms with Gasteiger partial charge in [-0.2, -0.15) is 0 Å². The number of hydrogen-bond donors (Lipinski definition) is 0. The Kier molecular flexibility index (Phi) is 13.0. The van der Waals surface area contributed by atoms with Crippen molar-refractivity contribution in [2.75, 3.05) is 9.21 Å². The molecule has 0 aliphatic carbocycles. The van der Waals surface area contributed by atoms with Gasteiger partial charge in [-0.25, -0.2) is 8.42 Å². The van der Waals surface area contributed by atoms with Gasteiger partial charge in [0, 0.05) is 6.54 Å². The molecule has 7 heteroatoms. The molecule has 0 bridgehead atoms. The minimum atomic E-state index is -4.61. The Hall–Kier alpha value is -0.414. The van der Waals surface area contributed by atoms with Gasteiger partial charge in [-0.3, -0.25) is 4.31 Å². The second-order valence-electron chi connectivity index (χ2n) is 8.81. The van der Waals surface area contributed by atoms with E-state index in [1.807, 2.05) is 42.5 Å². The van der Waals surface area contributed by atoms with E-state index in [0.29, 0.717) is 18.7 Å². The second-order valence-corrected chi connectivity index (χ2v) is 10.1. The van der Waals surface area contributed by atoms with Crippen LogP contribution in [-0.4, -0.2) is 19.1 Å². The molecule has 1 heterocycles. The molecule has 0 amide bonds. The summed E-state index contributed by atoms with van der Waals surface area (Å²) in [5.41, 5.74) is 2.41. The SMILES string of the molecule is CCCCCCCCCCCCC1N(Cc2ccccc2)c2ccccc2N1S(=O)(=O)[O-].[K+]. The zero-order chi connectivity index (χ0) is 22.8. The van der Waals surface area contributed by atoms with Crippen LogP contribution in [0.5, 0.6) is 0 Å². The molecule has 1 atom stereocenters. The van der Waals surface area contributed by atoms with Gasteiger partial charge in [-0.15, -0.1) is 0 Å². The van der Waals surface area contributed by atoms with E-state index >= 15 is 0 Å². The fourth-order valence-electron chi connectivity index (χ4n) is 4.67. The summed E-state index contributed by atoms with van der Waals surface area (Å²) >= 11 is 0. The number of benzene rings is 2. The molecule has 1 unspecified atom stereocenters. The third kappa shape index (κ3) is 8.63. The quantitative estimate of drug-likeness (QED) is 0.228. The van der Waals surface area contributed by atoms with Crippen molar-refractivity contribution >= 4 is 21.7 Å². The molecule has 1 aliphatic heterocycles. The second kappa shape index (κ2) is 14.9. The molecular weight excluding hydrogens is 459 g/mol. The summed E-state index contributed by atoms with van der Waals surface area (Å²) in [6, 6.07) is 17.3. The van der Waals surface area contributed by atoms with Crippen LogP contribution in [0.2, 0.25) is 0 Å². The summed E-state index contributed by atoms with van der Waals surface area (Å²) < 4.78 is 37.8. The fourth-order valence-corrected chi connectivity index (χ4v) is 5.58. The molecule has 0 aromatic heterocycles. The van der Waals surface area contributed by atoms with Crippen LogP contribution in [0.25, 0.3) is 0 Å². The van der Waals surface area contributed by atoms with Gasteiger partial charge >= 0.3 is 51.4 Å². The summed E-state index contributed by atoms with van der Waals surface area (Å²) in [6.07, 6.45) is 12.4. The van der Waals surface area contributed by atoms with Crippen LogP contribution in [-0.2, 0) is 16.8 Å². The van der Waals surface area contributed by atoms with E-state index in [2.05, 4.69) is 11.8 Å². The first-order valence-corrected chi connectivity index (χ1v) is 13.5. The summed E-state index contributed by atoms with van der Waals surface area (Å²) in [5, 5.41) is 0. The molecule has 0 fully saturated rings. The summed E-state index contributed by atoms with van der Waals surface area (Å²) in [7, 11) is -4.61. The van der Waals surface area contributed by atoms with Gasteiger partial charge in [0.1, 0.15) is 6.17 Å². The molecule has 0 saturated carbocycles.